The van der Waals surface area contributed by atoms with E-state index in [4.69, 9.17) is 4.74 Å². The van der Waals surface area contributed by atoms with Crippen LogP contribution in [0.15, 0.2) is 60.8 Å². The molecule has 9 rings (SSSR count). The molecule has 10 unspecified atom stereocenters. The Morgan fingerprint density at radius 3 is 1.69 bits per heavy atom. The number of carbonyl (C=O) groups is 4. The van der Waals surface area contributed by atoms with Gasteiger partial charge in [0.05, 0.1) is 23.4 Å². The number of hydrogen-bond donors (Lipinski definition) is 0. The molecule has 10 atom stereocenters. The molecular weight excluding hydrogens is 612 g/mol. The number of allylic oxidation sites excluding steroid dienone is 1. The monoisotopic (exact) mass is 660 g/mol. The molecule has 7 heteroatoms. The van der Waals surface area contributed by atoms with Crippen molar-refractivity contribution in [3.63, 3.8) is 0 Å². The maximum atomic E-state index is 15.0. The maximum absolute atomic E-state index is 15.0. The number of imide groups is 1. The Bertz CT molecular complexity index is 1830. The third kappa shape index (κ3) is 3.96. The lowest BCUT2D eigenvalue weighted by atomic mass is 9.58. The second-order valence-electron chi connectivity index (χ2n) is 18.6. The number of anilines is 1. The summed E-state index contributed by atoms with van der Waals surface area (Å²) in [5.41, 5.74) is 1.41. The zero-order valence-corrected chi connectivity index (χ0v) is 29.6. The van der Waals surface area contributed by atoms with E-state index in [1.807, 2.05) is 29.2 Å². The Balaban J connectivity index is 0.941. The lowest BCUT2D eigenvalue weighted by Crippen LogP contribution is -2.49. The summed E-state index contributed by atoms with van der Waals surface area (Å²) < 4.78 is 6.08. The highest BCUT2D eigenvalue weighted by Crippen LogP contribution is 2.76. The molecule has 256 valence electrons. The molecule has 0 aromatic heterocycles. The summed E-state index contributed by atoms with van der Waals surface area (Å²) in [6.45, 7) is 17.1. The fourth-order valence-electron chi connectivity index (χ4n) is 12.6. The SMILES string of the molecule is C=C1C2C3CC(C2C(=O)N1C(C)(C)C)C1(CCC2(CC4CC2C2C(=O)N(c5ccc(Oc6ccc(C(C)(C)C)cc6)cc5)C(=O)C42)C1=O)C3. The van der Waals surface area contributed by atoms with Crippen LogP contribution >= 0.6 is 0 Å². The lowest BCUT2D eigenvalue weighted by Gasteiger charge is -2.42. The van der Waals surface area contributed by atoms with Gasteiger partial charge in [0.2, 0.25) is 17.7 Å². The Hall–Kier alpha value is -3.74. The van der Waals surface area contributed by atoms with Crippen LogP contribution in [0.4, 0.5) is 5.69 Å². The van der Waals surface area contributed by atoms with E-state index in [1.54, 1.807) is 12.1 Å². The molecule has 2 aromatic carbocycles. The van der Waals surface area contributed by atoms with Gasteiger partial charge in [-0.1, -0.05) is 39.5 Å². The highest BCUT2D eigenvalue weighted by Gasteiger charge is 2.78. The summed E-state index contributed by atoms with van der Waals surface area (Å²) in [6.07, 6.45) is 4.82. The molecule has 5 saturated carbocycles. The van der Waals surface area contributed by atoms with Gasteiger partial charge in [-0.15, -0.1) is 0 Å². The first-order valence-electron chi connectivity index (χ1n) is 18.4. The second kappa shape index (κ2) is 9.73. The van der Waals surface area contributed by atoms with E-state index < -0.39 is 16.7 Å². The van der Waals surface area contributed by atoms with Crippen LogP contribution in [0.1, 0.15) is 85.6 Å². The van der Waals surface area contributed by atoms with E-state index in [2.05, 4.69) is 60.3 Å². The summed E-state index contributed by atoms with van der Waals surface area (Å²) in [6, 6.07) is 15.3. The van der Waals surface area contributed by atoms with Crippen LogP contribution in [0, 0.1) is 58.2 Å². The van der Waals surface area contributed by atoms with Crippen molar-refractivity contribution in [2.24, 2.45) is 58.2 Å². The average molecular weight is 661 g/mol. The largest absolute Gasteiger partial charge is 0.457 e. The van der Waals surface area contributed by atoms with Crippen molar-refractivity contribution in [3.8, 4) is 11.5 Å². The number of carbonyl (C=O) groups excluding carboxylic acids is 4. The summed E-state index contributed by atoms with van der Waals surface area (Å²) in [4.78, 5) is 60.4. The van der Waals surface area contributed by atoms with Gasteiger partial charge in [-0.3, -0.25) is 24.1 Å². The molecule has 49 heavy (non-hydrogen) atoms. The third-order valence-corrected chi connectivity index (χ3v) is 14.3. The highest BCUT2D eigenvalue weighted by molar-refractivity contribution is 6.23. The van der Waals surface area contributed by atoms with Gasteiger partial charge >= 0.3 is 0 Å². The molecule has 2 heterocycles. The van der Waals surface area contributed by atoms with Crippen molar-refractivity contribution in [3.05, 3.63) is 66.4 Å². The van der Waals surface area contributed by atoms with Gasteiger partial charge in [-0.05, 0) is 130 Å². The zero-order chi connectivity index (χ0) is 34.6. The zero-order valence-electron chi connectivity index (χ0n) is 29.6. The van der Waals surface area contributed by atoms with Crippen LogP contribution in [0.25, 0.3) is 0 Å². The third-order valence-electron chi connectivity index (χ3n) is 14.3. The number of nitrogens with zero attached hydrogens (tertiary/aromatic N) is 2. The summed E-state index contributed by atoms with van der Waals surface area (Å²) in [5, 5.41) is 0. The minimum atomic E-state index is -0.555. The molecule has 4 bridgehead atoms. The topological polar surface area (TPSA) is 84.0 Å². The van der Waals surface area contributed by atoms with Crippen molar-refractivity contribution in [2.45, 2.75) is 91.0 Å². The van der Waals surface area contributed by atoms with E-state index in [1.165, 1.54) is 10.5 Å². The molecule has 2 spiro atoms. The molecule has 7 fully saturated rings. The van der Waals surface area contributed by atoms with Crippen LogP contribution in [0.5, 0.6) is 11.5 Å². The standard InChI is InChI=1S/C42H48N2O5/c1-22-31-23-18-29(33(31)37(47)44(22)40(5,6)7)41(20-23)16-17-42(38(41)48)21-24-19-30(42)34-32(24)35(45)43(36(34)46)26-10-14-28(15-11-26)49-27-12-8-25(9-13-27)39(2,3)4/h8-15,23-24,29-34H,1,16-21H2,2-7H3. The Morgan fingerprint density at radius 1 is 0.673 bits per heavy atom. The number of ether oxygens (including phenoxy) is 1. The predicted molar refractivity (Wildman–Crippen MR) is 185 cm³/mol. The number of benzene rings is 2. The summed E-state index contributed by atoms with van der Waals surface area (Å²) in [7, 11) is 0. The van der Waals surface area contributed by atoms with Gasteiger partial charge in [0.1, 0.15) is 17.3 Å². The van der Waals surface area contributed by atoms with Crippen LogP contribution in [-0.2, 0) is 24.6 Å². The van der Waals surface area contributed by atoms with Gasteiger partial charge < -0.3 is 9.64 Å². The Labute approximate surface area is 289 Å². The quantitative estimate of drug-likeness (QED) is 0.316. The van der Waals surface area contributed by atoms with E-state index in [9.17, 15) is 14.4 Å². The van der Waals surface area contributed by atoms with Gasteiger partial charge in [-0.2, -0.15) is 0 Å². The van der Waals surface area contributed by atoms with Crippen molar-refractivity contribution < 1.29 is 23.9 Å². The number of ketones is 1. The number of amides is 3. The van der Waals surface area contributed by atoms with Gasteiger partial charge in [0, 0.05) is 28.0 Å². The fraction of sp³-hybridized carbons (Fsp3) is 0.571. The van der Waals surface area contributed by atoms with Crippen molar-refractivity contribution in [1.29, 1.82) is 0 Å². The van der Waals surface area contributed by atoms with Crippen LogP contribution in [-0.4, -0.2) is 33.9 Å². The fourth-order valence-corrected chi connectivity index (χ4v) is 12.6. The molecule has 5 aliphatic carbocycles. The lowest BCUT2D eigenvalue weighted by molar-refractivity contribution is -0.146. The smallest absolute Gasteiger partial charge is 0.238 e. The van der Waals surface area contributed by atoms with Gasteiger partial charge in [0.25, 0.3) is 0 Å². The van der Waals surface area contributed by atoms with E-state index >= 15 is 4.79 Å². The number of Topliss-reactive ketones (excluding diaryl/α,β-unsaturated/α-hetero) is 1. The van der Waals surface area contributed by atoms with Crippen LogP contribution < -0.4 is 9.64 Å². The van der Waals surface area contributed by atoms with Crippen molar-refractivity contribution in [1.82, 2.24) is 4.90 Å². The maximum Gasteiger partial charge on any atom is 0.238 e. The Morgan fingerprint density at radius 2 is 1.16 bits per heavy atom. The minimum absolute atomic E-state index is 0.0461. The first kappa shape index (κ1) is 31.3. The number of rotatable bonds is 3. The van der Waals surface area contributed by atoms with E-state index in [0.29, 0.717) is 29.6 Å². The van der Waals surface area contributed by atoms with E-state index in [-0.39, 0.29) is 64.2 Å². The predicted octanol–water partition coefficient (Wildman–Crippen LogP) is 7.68. The molecule has 2 saturated heterocycles. The van der Waals surface area contributed by atoms with Crippen molar-refractivity contribution >= 4 is 29.2 Å². The van der Waals surface area contributed by atoms with Crippen LogP contribution in [0.2, 0.25) is 0 Å². The normalized spacial score (nSPS) is 39.0. The van der Waals surface area contributed by atoms with Gasteiger partial charge in [-0.25, -0.2) is 0 Å². The van der Waals surface area contributed by atoms with Crippen LogP contribution in [0.3, 0.4) is 0 Å². The second-order valence-corrected chi connectivity index (χ2v) is 18.6. The Kier molecular flexibility index (Phi) is 6.21. The molecule has 0 N–H and O–H groups in total. The number of hydrogen-bond acceptors (Lipinski definition) is 5. The molecule has 3 amide bonds. The minimum Gasteiger partial charge on any atom is -0.457 e. The first-order chi connectivity index (χ1) is 23.1. The molecule has 0 radical (unpaired) electrons. The molecular formula is C42H48N2O5. The molecule has 7 nitrogen and oxygen atoms in total. The molecule has 2 aliphatic heterocycles. The molecule has 2 aromatic rings. The van der Waals surface area contributed by atoms with Crippen molar-refractivity contribution in [2.75, 3.05) is 4.90 Å². The average Bonchev–Trinajstić information content (AvgIpc) is 3.88. The first-order valence-corrected chi connectivity index (χ1v) is 18.4. The summed E-state index contributed by atoms with van der Waals surface area (Å²) in [5.74, 6) is 1.04. The number of likely N-dealkylation sites (tertiary alicyclic amines) is 1. The molecule has 7 aliphatic rings. The van der Waals surface area contributed by atoms with E-state index in [0.717, 1.165) is 43.6 Å². The highest BCUT2D eigenvalue weighted by atomic mass is 16.5. The summed E-state index contributed by atoms with van der Waals surface area (Å²) >= 11 is 0. The van der Waals surface area contributed by atoms with Gasteiger partial charge in [0.15, 0.2) is 0 Å². The number of fused-ring (bicyclic) bond motifs is 12.